The fourth-order valence-electron chi connectivity index (χ4n) is 4.69. The average Bonchev–Trinajstić information content (AvgIpc) is 3.15. The summed E-state index contributed by atoms with van der Waals surface area (Å²) in [4.78, 5) is 35.7. The molecule has 0 spiro atoms. The Bertz CT molecular complexity index is 1240. The van der Waals surface area contributed by atoms with E-state index in [1.165, 1.54) is 12.3 Å². The molecule has 3 aromatic heterocycles. The molecule has 5 heterocycles. The van der Waals surface area contributed by atoms with Gasteiger partial charge in [0.2, 0.25) is 0 Å². The van der Waals surface area contributed by atoms with E-state index in [1.807, 2.05) is 19.2 Å². The van der Waals surface area contributed by atoms with E-state index in [0.29, 0.717) is 28.8 Å². The average molecular weight is 441 g/mol. The Hall–Kier alpha value is -2.55. The first-order valence-corrected chi connectivity index (χ1v) is 11.1. The van der Waals surface area contributed by atoms with E-state index in [0.717, 1.165) is 50.3 Å². The lowest BCUT2D eigenvalue weighted by molar-refractivity contribution is 0.171. The molecular weight excluding hydrogens is 416 g/mol. The monoisotopic (exact) mass is 440 g/mol. The number of aromatic nitrogens is 4. The number of piperidine rings is 1. The second-order valence-corrected chi connectivity index (χ2v) is 8.89. The summed E-state index contributed by atoms with van der Waals surface area (Å²) in [6.45, 7) is 5.84. The first kappa shape index (κ1) is 20.4. The molecule has 2 aliphatic rings. The van der Waals surface area contributed by atoms with Crippen LogP contribution in [-0.4, -0.2) is 49.7 Å². The summed E-state index contributed by atoms with van der Waals surface area (Å²) in [5.41, 5.74) is 3.05. The Morgan fingerprint density at radius 2 is 1.94 bits per heavy atom. The minimum Gasteiger partial charge on any atom is -0.310 e. The van der Waals surface area contributed by atoms with Crippen molar-refractivity contribution in [3.8, 4) is 0 Å². The van der Waals surface area contributed by atoms with Crippen LogP contribution < -0.4 is 16.4 Å². The van der Waals surface area contributed by atoms with Crippen molar-refractivity contribution in [3.05, 3.63) is 67.6 Å². The van der Waals surface area contributed by atoms with E-state index >= 15 is 0 Å². The molecule has 1 atom stereocenters. The minimum absolute atomic E-state index is 0.0432. The Labute approximate surface area is 184 Å². The summed E-state index contributed by atoms with van der Waals surface area (Å²) >= 11 is 6.17. The van der Waals surface area contributed by atoms with Gasteiger partial charge in [-0.25, -0.2) is 4.98 Å². The molecule has 0 amide bonds. The zero-order valence-corrected chi connectivity index (χ0v) is 18.2. The number of likely N-dealkylation sites (tertiary alicyclic amines) is 1. The van der Waals surface area contributed by atoms with Gasteiger partial charge >= 0.3 is 0 Å². The maximum Gasteiger partial charge on any atom is 0.270 e. The molecule has 0 unspecified atom stereocenters. The summed E-state index contributed by atoms with van der Waals surface area (Å²) in [5, 5.41) is 4.31. The maximum atomic E-state index is 12.5. The number of pyridine rings is 2. The molecule has 0 aromatic carbocycles. The maximum absolute atomic E-state index is 12.5. The van der Waals surface area contributed by atoms with Gasteiger partial charge in [-0.15, -0.1) is 0 Å². The molecule has 8 nitrogen and oxygen atoms in total. The van der Waals surface area contributed by atoms with E-state index in [4.69, 9.17) is 11.6 Å². The molecule has 3 aromatic rings. The smallest absolute Gasteiger partial charge is 0.270 e. The molecular formula is C22H25ClN6O2. The van der Waals surface area contributed by atoms with Crippen LogP contribution >= 0.6 is 11.6 Å². The van der Waals surface area contributed by atoms with Crippen LogP contribution in [0.2, 0.25) is 5.02 Å². The molecule has 0 saturated carbocycles. The first-order chi connectivity index (χ1) is 15.0. The predicted octanol–water partition coefficient (Wildman–Crippen LogP) is 1.72. The molecule has 1 N–H and O–H groups in total. The standard InChI is InChI=1S/C22H25ClN6O2/c1-14-18(23)8-15(9-24-14)10-25-16-4-6-27(7-5-16)12-17-13-28-20(30)3-2-19-22(28)29(17)21(31)11-26-19/h2-3,8-9,11,16-17,25H,4-7,10,12-13H2,1H3/t17-/m1/s1. The third kappa shape index (κ3) is 3.91. The van der Waals surface area contributed by atoms with Crippen molar-refractivity contribution in [2.45, 2.75) is 44.9 Å². The van der Waals surface area contributed by atoms with Gasteiger partial charge in [0.1, 0.15) is 11.2 Å². The summed E-state index contributed by atoms with van der Waals surface area (Å²) < 4.78 is 3.44. The molecule has 2 aliphatic heterocycles. The van der Waals surface area contributed by atoms with Crippen molar-refractivity contribution in [3.63, 3.8) is 0 Å². The molecule has 1 saturated heterocycles. The molecule has 5 rings (SSSR count). The number of nitrogens with zero attached hydrogens (tertiary/aromatic N) is 5. The highest BCUT2D eigenvalue weighted by atomic mass is 35.5. The Morgan fingerprint density at radius 3 is 2.71 bits per heavy atom. The summed E-state index contributed by atoms with van der Waals surface area (Å²) in [6.07, 6.45) is 5.30. The van der Waals surface area contributed by atoms with Gasteiger partial charge in [0.25, 0.3) is 11.1 Å². The van der Waals surface area contributed by atoms with Gasteiger partial charge in [-0.05, 0) is 50.6 Å². The van der Waals surface area contributed by atoms with Crippen molar-refractivity contribution in [2.24, 2.45) is 0 Å². The fraction of sp³-hybridized carbons (Fsp3) is 0.455. The largest absolute Gasteiger partial charge is 0.310 e. The highest BCUT2D eigenvalue weighted by Crippen LogP contribution is 2.24. The van der Waals surface area contributed by atoms with Gasteiger partial charge in [0.05, 0.1) is 23.0 Å². The van der Waals surface area contributed by atoms with Crippen molar-refractivity contribution in [1.29, 1.82) is 0 Å². The Morgan fingerprint density at radius 1 is 1.13 bits per heavy atom. The van der Waals surface area contributed by atoms with Crippen molar-refractivity contribution < 1.29 is 0 Å². The highest BCUT2D eigenvalue weighted by Gasteiger charge is 2.29. The molecule has 31 heavy (non-hydrogen) atoms. The third-order valence-corrected chi connectivity index (χ3v) is 6.79. The normalized spacial score (nSPS) is 19.4. The number of hydrogen-bond acceptors (Lipinski definition) is 6. The van der Waals surface area contributed by atoms with Crippen LogP contribution in [0.3, 0.4) is 0 Å². The van der Waals surface area contributed by atoms with Crippen molar-refractivity contribution >= 4 is 22.8 Å². The lowest BCUT2D eigenvalue weighted by Gasteiger charge is -2.34. The first-order valence-electron chi connectivity index (χ1n) is 10.7. The minimum atomic E-state index is -0.142. The number of hydrogen-bond donors (Lipinski definition) is 1. The van der Waals surface area contributed by atoms with E-state index in [9.17, 15) is 9.59 Å². The van der Waals surface area contributed by atoms with Gasteiger partial charge in [-0.1, -0.05) is 11.6 Å². The second kappa shape index (κ2) is 8.18. The van der Waals surface area contributed by atoms with E-state index in [1.54, 1.807) is 15.2 Å². The molecule has 162 valence electrons. The number of halogens is 1. The summed E-state index contributed by atoms with van der Waals surface area (Å²) in [7, 11) is 0. The van der Waals surface area contributed by atoms with Gasteiger partial charge in [-0.2, -0.15) is 0 Å². The van der Waals surface area contributed by atoms with E-state index < -0.39 is 0 Å². The van der Waals surface area contributed by atoms with Crippen molar-refractivity contribution in [1.82, 2.24) is 29.3 Å². The second-order valence-electron chi connectivity index (χ2n) is 8.48. The lowest BCUT2D eigenvalue weighted by atomic mass is 10.0. The molecule has 0 radical (unpaired) electrons. The van der Waals surface area contributed by atoms with Crippen molar-refractivity contribution in [2.75, 3.05) is 19.6 Å². The van der Waals surface area contributed by atoms with Crippen LogP contribution in [0.1, 0.15) is 30.1 Å². The SMILES string of the molecule is Cc1ncc(CNC2CCN(C[C@@H]3Cn4c(=O)ccc5ncc(=O)n3c54)CC2)cc1Cl. The number of nitrogens with one attached hydrogen (secondary N) is 1. The van der Waals surface area contributed by atoms with Gasteiger partial charge in [-0.3, -0.25) is 23.7 Å². The third-order valence-electron chi connectivity index (χ3n) is 6.41. The van der Waals surface area contributed by atoms with Crippen LogP contribution in [0, 0.1) is 6.92 Å². The molecule has 0 bridgehead atoms. The summed E-state index contributed by atoms with van der Waals surface area (Å²) in [5.74, 6) is 0. The lowest BCUT2D eigenvalue weighted by Crippen LogP contribution is -2.44. The molecule has 1 fully saturated rings. The number of rotatable bonds is 5. The topological polar surface area (TPSA) is 85.1 Å². The van der Waals surface area contributed by atoms with Crippen LogP contribution in [0.4, 0.5) is 0 Å². The zero-order chi connectivity index (χ0) is 21.5. The van der Waals surface area contributed by atoms with E-state index in [2.05, 4.69) is 20.2 Å². The Balaban J connectivity index is 1.21. The quantitative estimate of drug-likeness (QED) is 0.650. The van der Waals surface area contributed by atoms with Crippen LogP contribution in [-0.2, 0) is 13.1 Å². The predicted molar refractivity (Wildman–Crippen MR) is 120 cm³/mol. The molecule has 0 aliphatic carbocycles. The molecule has 9 heteroatoms. The van der Waals surface area contributed by atoms with Crippen LogP contribution in [0.25, 0.3) is 11.2 Å². The summed E-state index contributed by atoms with van der Waals surface area (Å²) in [6, 6.07) is 5.59. The van der Waals surface area contributed by atoms with Gasteiger partial charge < -0.3 is 10.2 Å². The van der Waals surface area contributed by atoms with Gasteiger partial charge in [0, 0.05) is 37.9 Å². The van der Waals surface area contributed by atoms with E-state index in [-0.39, 0.29) is 17.2 Å². The number of aryl methyl sites for hydroxylation is 1. The Kier molecular flexibility index (Phi) is 5.37. The van der Waals surface area contributed by atoms with Crippen LogP contribution in [0.5, 0.6) is 0 Å². The zero-order valence-electron chi connectivity index (χ0n) is 17.4. The van der Waals surface area contributed by atoms with Crippen LogP contribution in [0.15, 0.2) is 40.2 Å². The fourth-order valence-corrected chi connectivity index (χ4v) is 4.88. The highest BCUT2D eigenvalue weighted by molar-refractivity contribution is 6.31. The van der Waals surface area contributed by atoms with Gasteiger partial charge in [0.15, 0.2) is 0 Å².